The molecule has 4 heteroatoms. The number of nitrogens with one attached hydrogen (secondary N) is 1. The van der Waals surface area contributed by atoms with Crippen molar-refractivity contribution in [1.82, 2.24) is 5.32 Å². The van der Waals surface area contributed by atoms with Gasteiger partial charge in [-0.15, -0.1) is 0 Å². The SMILES string of the molecule is CCN=C1C(NCC)=C(C(C)CO)C(=O)c2ccc3c(c21)CCCC3(C)C. The van der Waals surface area contributed by atoms with Gasteiger partial charge in [0, 0.05) is 42.3 Å². The monoisotopic (exact) mass is 368 g/mol. The van der Waals surface area contributed by atoms with E-state index in [0.29, 0.717) is 18.7 Å². The Hall–Kier alpha value is -1.94. The first kappa shape index (κ1) is 19.8. The van der Waals surface area contributed by atoms with E-state index in [-0.39, 0.29) is 23.7 Å². The zero-order chi connectivity index (χ0) is 19.8. The van der Waals surface area contributed by atoms with Gasteiger partial charge in [0.25, 0.3) is 0 Å². The Balaban J connectivity index is 2.33. The topological polar surface area (TPSA) is 61.7 Å². The Bertz CT molecular complexity index is 818. The first-order valence-corrected chi connectivity index (χ1v) is 10.2. The predicted octanol–water partition coefficient (Wildman–Crippen LogP) is 3.80. The average molecular weight is 369 g/mol. The van der Waals surface area contributed by atoms with E-state index in [1.807, 2.05) is 26.8 Å². The summed E-state index contributed by atoms with van der Waals surface area (Å²) in [6, 6.07) is 4.13. The smallest absolute Gasteiger partial charge is 0.192 e. The number of rotatable bonds is 5. The number of carbonyl (C=O) groups excluding carboxylic acids is 1. The van der Waals surface area contributed by atoms with E-state index < -0.39 is 0 Å². The van der Waals surface area contributed by atoms with Crippen molar-refractivity contribution in [1.29, 1.82) is 0 Å². The lowest BCUT2D eigenvalue weighted by atomic mass is 9.68. The molecule has 0 saturated carbocycles. The Morgan fingerprint density at radius 1 is 1.30 bits per heavy atom. The molecule has 2 aliphatic rings. The van der Waals surface area contributed by atoms with Crippen molar-refractivity contribution in [2.75, 3.05) is 19.7 Å². The molecule has 0 saturated heterocycles. The number of ketones is 1. The average Bonchev–Trinajstić information content (AvgIpc) is 2.64. The minimum atomic E-state index is -0.228. The van der Waals surface area contributed by atoms with Crippen molar-refractivity contribution in [3.8, 4) is 0 Å². The Kier molecular flexibility index (Phi) is 5.57. The molecule has 1 unspecified atom stereocenters. The third-order valence-electron chi connectivity index (χ3n) is 5.94. The van der Waals surface area contributed by atoms with Crippen molar-refractivity contribution in [2.24, 2.45) is 10.9 Å². The van der Waals surface area contributed by atoms with Crippen LogP contribution in [0.1, 0.15) is 74.5 Å². The maximum atomic E-state index is 13.4. The molecule has 0 aliphatic heterocycles. The number of hydrogen-bond acceptors (Lipinski definition) is 4. The number of fused-ring (bicyclic) bond motifs is 3. The van der Waals surface area contributed by atoms with Crippen LogP contribution in [0.4, 0.5) is 0 Å². The van der Waals surface area contributed by atoms with Crippen molar-refractivity contribution < 1.29 is 9.90 Å². The van der Waals surface area contributed by atoms with Gasteiger partial charge in [-0.2, -0.15) is 0 Å². The van der Waals surface area contributed by atoms with Crippen molar-refractivity contribution in [2.45, 2.75) is 59.3 Å². The highest BCUT2D eigenvalue weighted by Gasteiger charge is 2.38. The van der Waals surface area contributed by atoms with Crippen molar-refractivity contribution in [3.63, 3.8) is 0 Å². The molecule has 4 nitrogen and oxygen atoms in total. The van der Waals surface area contributed by atoms with Crippen molar-refractivity contribution in [3.05, 3.63) is 45.7 Å². The first-order chi connectivity index (χ1) is 12.9. The summed E-state index contributed by atoms with van der Waals surface area (Å²) in [5, 5.41) is 13.2. The van der Waals surface area contributed by atoms with Gasteiger partial charge in [0.2, 0.25) is 0 Å². The molecule has 0 heterocycles. The largest absolute Gasteiger partial charge is 0.396 e. The van der Waals surface area contributed by atoms with Crippen LogP contribution in [-0.4, -0.2) is 36.3 Å². The van der Waals surface area contributed by atoms with Gasteiger partial charge >= 0.3 is 0 Å². The first-order valence-electron chi connectivity index (χ1n) is 10.2. The molecule has 27 heavy (non-hydrogen) atoms. The Labute approximate surface area is 162 Å². The molecule has 1 aromatic carbocycles. The minimum absolute atomic E-state index is 0.0312. The van der Waals surface area contributed by atoms with Gasteiger partial charge in [-0.25, -0.2) is 0 Å². The number of likely N-dealkylation sites (N-methyl/N-ethyl adjacent to an activating group) is 1. The van der Waals surface area contributed by atoms with E-state index in [2.05, 4.69) is 25.2 Å². The lowest BCUT2D eigenvalue weighted by Gasteiger charge is -2.36. The molecule has 0 aromatic heterocycles. The second kappa shape index (κ2) is 7.59. The fraction of sp³-hybridized carbons (Fsp3) is 0.565. The van der Waals surface area contributed by atoms with Crippen LogP contribution >= 0.6 is 0 Å². The van der Waals surface area contributed by atoms with E-state index in [4.69, 9.17) is 4.99 Å². The number of Topliss-reactive ketones (excluding diaryl/α,β-unsaturated/α-hetero) is 1. The summed E-state index contributed by atoms with van der Waals surface area (Å²) in [6.07, 6.45) is 3.28. The number of aliphatic hydroxyl groups excluding tert-OH is 1. The van der Waals surface area contributed by atoms with Crippen LogP contribution in [0.2, 0.25) is 0 Å². The lowest BCUT2D eigenvalue weighted by Crippen LogP contribution is -2.36. The highest BCUT2D eigenvalue weighted by Crippen LogP contribution is 2.42. The second-order valence-corrected chi connectivity index (χ2v) is 8.31. The van der Waals surface area contributed by atoms with E-state index in [0.717, 1.165) is 41.8 Å². The third kappa shape index (κ3) is 3.25. The van der Waals surface area contributed by atoms with Crippen LogP contribution in [0.15, 0.2) is 28.4 Å². The molecule has 0 fully saturated rings. The van der Waals surface area contributed by atoms with Crippen molar-refractivity contribution >= 4 is 11.5 Å². The van der Waals surface area contributed by atoms with Crippen LogP contribution in [0.25, 0.3) is 0 Å². The lowest BCUT2D eigenvalue weighted by molar-refractivity contribution is 0.101. The number of nitrogens with zero attached hydrogens (tertiary/aromatic N) is 1. The molecule has 1 atom stereocenters. The van der Waals surface area contributed by atoms with E-state index in [9.17, 15) is 9.90 Å². The summed E-state index contributed by atoms with van der Waals surface area (Å²) in [6.45, 7) is 11.9. The highest BCUT2D eigenvalue weighted by molar-refractivity contribution is 6.29. The molecule has 0 spiro atoms. The van der Waals surface area contributed by atoms with Gasteiger partial charge in [-0.1, -0.05) is 32.9 Å². The van der Waals surface area contributed by atoms with Gasteiger partial charge in [-0.3, -0.25) is 9.79 Å². The maximum absolute atomic E-state index is 13.4. The molecule has 146 valence electrons. The molecule has 3 rings (SSSR count). The molecular formula is C23H32N2O2. The quantitative estimate of drug-likeness (QED) is 0.831. The van der Waals surface area contributed by atoms with Crippen LogP contribution < -0.4 is 5.32 Å². The summed E-state index contributed by atoms with van der Waals surface area (Å²) in [5.74, 6) is -0.196. The van der Waals surface area contributed by atoms with Gasteiger partial charge in [0.15, 0.2) is 5.78 Å². The fourth-order valence-corrected chi connectivity index (χ4v) is 4.59. The standard InChI is InChI=1S/C23H32N2O2/c1-6-24-20-18(14(3)13-26)22(27)16-10-11-17-15(9-8-12-23(17,4)5)19(16)21(20)25-7-2/h10-11,14,24,26H,6-9,12-13H2,1-5H3. The van der Waals surface area contributed by atoms with Crippen LogP contribution in [0.5, 0.6) is 0 Å². The van der Waals surface area contributed by atoms with Crippen LogP contribution in [0, 0.1) is 5.92 Å². The molecule has 0 bridgehead atoms. The molecule has 0 amide bonds. The molecule has 2 N–H and O–H groups in total. The maximum Gasteiger partial charge on any atom is 0.192 e. The molecule has 1 aromatic rings. The summed E-state index contributed by atoms with van der Waals surface area (Å²) in [7, 11) is 0. The van der Waals surface area contributed by atoms with Crippen LogP contribution in [0.3, 0.4) is 0 Å². The summed E-state index contributed by atoms with van der Waals surface area (Å²) in [5.41, 5.74) is 6.90. The fourth-order valence-electron chi connectivity index (χ4n) is 4.59. The number of allylic oxidation sites excluding steroid dienone is 1. The van der Waals surface area contributed by atoms with E-state index >= 15 is 0 Å². The molecular weight excluding hydrogens is 336 g/mol. The number of carbonyl (C=O) groups is 1. The summed E-state index contributed by atoms with van der Waals surface area (Å²) >= 11 is 0. The normalized spacial score (nSPS) is 21.1. The highest BCUT2D eigenvalue weighted by atomic mass is 16.3. The van der Waals surface area contributed by atoms with Gasteiger partial charge in [0.05, 0.1) is 11.4 Å². The molecule has 2 aliphatic carbocycles. The van der Waals surface area contributed by atoms with E-state index in [1.165, 1.54) is 11.1 Å². The van der Waals surface area contributed by atoms with E-state index in [1.54, 1.807) is 0 Å². The second-order valence-electron chi connectivity index (χ2n) is 8.31. The zero-order valence-corrected chi connectivity index (χ0v) is 17.3. The summed E-state index contributed by atoms with van der Waals surface area (Å²) in [4.78, 5) is 18.3. The number of aliphatic hydroxyl groups is 1. The van der Waals surface area contributed by atoms with Crippen LogP contribution in [-0.2, 0) is 11.8 Å². The van der Waals surface area contributed by atoms with Gasteiger partial charge in [0.1, 0.15) is 0 Å². The van der Waals surface area contributed by atoms with Gasteiger partial charge in [-0.05, 0) is 49.7 Å². The van der Waals surface area contributed by atoms with Gasteiger partial charge < -0.3 is 10.4 Å². The number of aliphatic imine (C=N–C) groups is 1. The zero-order valence-electron chi connectivity index (χ0n) is 17.3. The number of benzene rings is 1. The number of hydrogen-bond donors (Lipinski definition) is 2. The third-order valence-corrected chi connectivity index (χ3v) is 5.94. The Morgan fingerprint density at radius 3 is 2.67 bits per heavy atom. The molecule has 0 radical (unpaired) electrons. The Morgan fingerprint density at radius 2 is 2.04 bits per heavy atom. The summed E-state index contributed by atoms with van der Waals surface area (Å²) < 4.78 is 0. The predicted molar refractivity (Wildman–Crippen MR) is 111 cm³/mol. The minimum Gasteiger partial charge on any atom is -0.396 e.